The van der Waals surface area contributed by atoms with Crippen molar-refractivity contribution in [3.63, 3.8) is 0 Å². The molecule has 31 heavy (non-hydrogen) atoms. The number of imidazole rings is 1. The summed E-state index contributed by atoms with van der Waals surface area (Å²) < 4.78 is 3.14. The molecule has 10 heteroatoms. The first kappa shape index (κ1) is 18.9. The molecular weight excluding hydrogens is 398 g/mol. The molecule has 3 aromatic heterocycles. The van der Waals surface area contributed by atoms with Gasteiger partial charge in [-0.05, 0) is 24.3 Å². The lowest BCUT2D eigenvalue weighted by Crippen LogP contribution is -2.36. The normalized spacial score (nSPS) is 18.8. The van der Waals surface area contributed by atoms with Crippen LogP contribution in [0.15, 0.2) is 54.9 Å². The molecule has 0 bridgehead atoms. The fourth-order valence-corrected chi connectivity index (χ4v) is 3.89. The number of hydrogen-bond donors (Lipinski definition) is 2. The molecule has 5 rings (SSSR count). The average Bonchev–Trinajstić information content (AvgIpc) is 3.48. The van der Waals surface area contributed by atoms with E-state index in [2.05, 4.69) is 15.3 Å². The highest BCUT2D eigenvalue weighted by Crippen LogP contribution is 2.32. The molecule has 3 N–H and O–H groups in total. The molecule has 0 spiro atoms. The van der Waals surface area contributed by atoms with E-state index in [0.29, 0.717) is 17.9 Å². The molecule has 2 amide bonds. The fourth-order valence-electron chi connectivity index (χ4n) is 3.89. The van der Waals surface area contributed by atoms with E-state index >= 15 is 0 Å². The van der Waals surface area contributed by atoms with Gasteiger partial charge in [0.25, 0.3) is 11.8 Å². The van der Waals surface area contributed by atoms with Crippen LogP contribution in [-0.4, -0.2) is 59.8 Å². The number of aliphatic hydroxyl groups is 1. The molecule has 10 nitrogen and oxygen atoms in total. The second kappa shape index (κ2) is 6.74. The summed E-state index contributed by atoms with van der Waals surface area (Å²) in [5, 5.41) is 19.0. The van der Waals surface area contributed by atoms with Gasteiger partial charge in [-0.2, -0.15) is 0 Å². The van der Waals surface area contributed by atoms with Crippen molar-refractivity contribution in [3.05, 3.63) is 66.4 Å². The second-order valence-corrected chi connectivity index (χ2v) is 7.54. The van der Waals surface area contributed by atoms with Crippen LogP contribution in [0.2, 0.25) is 0 Å². The monoisotopic (exact) mass is 417 g/mol. The van der Waals surface area contributed by atoms with Crippen LogP contribution < -0.4 is 5.73 Å². The van der Waals surface area contributed by atoms with Gasteiger partial charge >= 0.3 is 0 Å². The molecule has 0 saturated carbocycles. The molecule has 1 aliphatic heterocycles. The lowest BCUT2D eigenvalue weighted by atomic mass is 9.99. The summed E-state index contributed by atoms with van der Waals surface area (Å²) in [4.78, 5) is 30.1. The maximum atomic E-state index is 12.3. The molecule has 1 atom stereocenters. The lowest BCUT2D eigenvalue weighted by Gasteiger charge is -2.17. The molecule has 1 aromatic carbocycles. The van der Waals surface area contributed by atoms with Crippen molar-refractivity contribution in [2.24, 2.45) is 5.73 Å². The predicted molar refractivity (Wildman–Crippen MR) is 110 cm³/mol. The SMILES string of the molecule is CN1CCC(O)(c2cn(-c3cccc(-c4nc(C(N)=O)n5ccccc45)c3)nn2)C1=O. The lowest BCUT2D eigenvalue weighted by molar-refractivity contribution is -0.143. The number of primary amides is 1. The standard InChI is InChI=1S/C21H19N7O3/c1-26-10-8-21(31,20(26)30)16-12-28(25-24-16)14-6-4-5-13(11-14)17-15-7-2-3-9-27(15)19(23-17)18(22)29/h2-7,9,11-12,31H,8,10H2,1H3,(H2,22,29). The molecule has 1 unspecified atom stereocenters. The number of hydrogen-bond acceptors (Lipinski definition) is 6. The van der Waals surface area contributed by atoms with Gasteiger partial charge in [-0.3, -0.25) is 14.0 Å². The van der Waals surface area contributed by atoms with Gasteiger partial charge in [0.1, 0.15) is 5.69 Å². The van der Waals surface area contributed by atoms with Crippen LogP contribution in [0.3, 0.4) is 0 Å². The van der Waals surface area contributed by atoms with E-state index in [9.17, 15) is 14.7 Å². The van der Waals surface area contributed by atoms with Gasteiger partial charge in [0.2, 0.25) is 5.82 Å². The Labute approximate surface area is 176 Å². The number of carbonyl (C=O) groups excluding carboxylic acids is 2. The van der Waals surface area contributed by atoms with Crippen LogP contribution in [0.25, 0.3) is 22.5 Å². The van der Waals surface area contributed by atoms with Crippen molar-refractivity contribution in [1.82, 2.24) is 29.3 Å². The Bertz CT molecular complexity index is 1340. The molecular formula is C21H19N7O3. The number of likely N-dealkylation sites (N-methyl/N-ethyl adjacent to an activating group) is 1. The third-order valence-corrected chi connectivity index (χ3v) is 5.58. The van der Waals surface area contributed by atoms with Crippen molar-refractivity contribution < 1.29 is 14.7 Å². The van der Waals surface area contributed by atoms with Gasteiger partial charge in [0, 0.05) is 31.8 Å². The van der Waals surface area contributed by atoms with Gasteiger partial charge in [0.05, 0.1) is 23.1 Å². The minimum Gasteiger partial charge on any atom is -0.374 e. The number of aromatic nitrogens is 5. The quantitative estimate of drug-likeness (QED) is 0.503. The number of pyridine rings is 1. The van der Waals surface area contributed by atoms with Crippen molar-refractivity contribution in [1.29, 1.82) is 0 Å². The van der Waals surface area contributed by atoms with E-state index in [-0.39, 0.29) is 17.9 Å². The van der Waals surface area contributed by atoms with Crippen molar-refractivity contribution in [2.45, 2.75) is 12.0 Å². The molecule has 1 fully saturated rings. The van der Waals surface area contributed by atoms with Crippen LogP contribution in [0.5, 0.6) is 0 Å². The van der Waals surface area contributed by atoms with Crippen LogP contribution in [0.1, 0.15) is 22.7 Å². The van der Waals surface area contributed by atoms with E-state index in [0.717, 1.165) is 11.1 Å². The molecule has 4 aromatic rings. The number of rotatable bonds is 4. The maximum Gasteiger partial charge on any atom is 0.285 e. The molecule has 0 aliphatic carbocycles. The number of nitrogens with zero attached hydrogens (tertiary/aromatic N) is 6. The predicted octanol–water partition coefficient (Wildman–Crippen LogP) is 0.731. The summed E-state index contributed by atoms with van der Waals surface area (Å²) in [6.45, 7) is 0.452. The zero-order valence-corrected chi connectivity index (χ0v) is 16.6. The van der Waals surface area contributed by atoms with E-state index in [1.807, 2.05) is 36.4 Å². The highest BCUT2D eigenvalue weighted by molar-refractivity contribution is 5.93. The number of amides is 2. The van der Waals surface area contributed by atoms with E-state index < -0.39 is 17.4 Å². The summed E-state index contributed by atoms with van der Waals surface area (Å²) in [5.74, 6) is -0.870. The smallest absolute Gasteiger partial charge is 0.285 e. The summed E-state index contributed by atoms with van der Waals surface area (Å²) in [7, 11) is 1.64. The highest BCUT2D eigenvalue weighted by atomic mass is 16.3. The Morgan fingerprint density at radius 2 is 2.06 bits per heavy atom. The molecule has 1 aliphatic rings. The minimum absolute atomic E-state index is 0.144. The number of likely N-dealkylation sites (tertiary alicyclic amines) is 1. The molecule has 1 saturated heterocycles. The van der Waals surface area contributed by atoms with Crippen LogP contribution in [0.4, 0.5) is 0 Å². The summed E-state index contributed by atoms with van der Waals surface area (Å²) in [6.07, 6.45) is 3.55. The Balaban J connectivity index is 1.56. The number of benzene rings is 1. The van der Waals surface area contributed by atoms with E-state index in [1.165, 1.54) is 9.58 Å². The fraction of sp³-hybridized carbons (Fsp3) is 0.190. The van der Waals surface area contributed by atoms with Gasteiger partial charge < -0.3 is 15.7 Å². The zero-order valence-electron chi connectivity index (χ0n) is 16.6. The van der Waals surface area contributed by atoms with Gasteiger partial charge in [-0.1, -0.05) is 23.4 Å². The third-order valence-electron chi connectivity index (χ3n) is 5.58. The van der Waals surface area contributed by atoms with E-state index in [4.69, 9.17) is 5.73 Å². The number of nitrogens with two attached hydrogens (primary N) is 1. The first-order valence-corrected chi connectivity index (χ1v) is 9.67. The molecule has 0 radical (unpaired) electrons. The summed E-state index contributed by atoms with van der Waals surface area (Å²) in [5.41, 5.74) is 6.78. The van der Waals surface area contributed by atoms with Crippen LogP contribution in [0, 0.1) is 0 Å². The average molecular weight is 417 g/mol. The molecule has 4 heterocycles. The zero-order chi connectivity index (χ0) is 21.8. The maximum absolute atomic E-state index is 12.3. The molecule has 156 valence electrons. The van der Waals surface area contributed by atoms with E-state index in [1.54, 1.807) is 29.9 Å². The second-order valence-electron chi connectivity index (χ2n) is 7.54. The third kappa shape index (κ3) is 2.88. The number of fused-ring (bicyclic) bond motifs is 1. The largest absolute Gasteiger partial charge is 0.374 e. The Morgan fingerprint density at radius 3 is 2.81 bits per heavy atom. The summed E-state index contributed by atoms with van der Waals surface area (Å²) in [6, 6.07) is 12.9. The van der Waals surface area contributed by atoms with Crippen molar-refractivity contribution >= 4 is 17.3 Å². The van der Waals surface area contributed by atoms with Crippen molar-refractivity contribution in [3.8, 4) is 16.9 Å². The highest BCUT2D eigenvalue weighted by Gasteiger charge is 2.47. The topological polar surface area (TPSA) is 132 Å². The number of carbonyl (C=O) groups is 2. The Morgan fingerprint density at radius 1 is 1.23 bits per heavy atom. The first-order valence-electron chi connectivity index (χ1n) is 9.67. The van der Waals surface area contributed by atoms with Crippen LogP contribution in [-0.2, 0) is 10.4 Å². The van der Waals surface area contributed by atoms with Crippen molar-refractivity contribution in [2.75, 3.05) is 13.6 Å². The first-order chi connectivity index (χ1) is 14.9. The summed E-state index contributed by atoms with van der Waals surface area (Å²) >= 11 is 0. The van der Waals surface area contributed by atoms with Gasteiger partial charge in [-0.25, -0.2) is 9.67 Å². The Hall–Kier alpha value is -4.05. The Kier molecular flexibility index (Phi) is 4.12. The minimum atomic E-state index is -1.67. The van der Waals surface area contributed by atoms with Gasteiger partial charge in [-0.15, -0.1) is 5.10 Å². The van der Waals surface area contributed by atoms with Crippen LogP contribution >= 0.6 is 0 Å². The van der Waals surface area contributed by atoms with Gasteiger partial charge in [0.15, 0.2) is 5.60 Å².